The first-order valence-corrected chi connectivity index (χ1v) is 9.18. The van der Waals surface area contributed by atoms with Crippen molar-refractivity contribution in [3.63, 3.8) is 0 Å². The van der Waals surface area contributed by atoms with Crippen LogP contribution in [0.1, 0.15) is 20.8 Å². The summed E-state index contributed by atoms with van der Waals surface area (Å²) >= 11 is 1.36. The Morgan fingerprint density at radius 1 is 1.31 bits per heavy atom. The van der Waals surface area contributed by atoms with Crippen molar-refractivity contribution in [1.29, 1.82) is 0 Å². The van der Waals surface area contributed by atoms with Crippen LogP contribution in [-0.2, 0) is 0 Å². The van der Waals surface area contributed by atoms with E-state index in [4.69, 9.17) is 4.74 Å². The number of anilines is 2. The van der Waals surface area contributed by atoms with Crippen molar-refractivity contribution in [2.45, 2.75) is 26.8 Å². The lowest BCUT2D eigenvalue weighted by atomic mass is 9.86. The van der Waals surface area contributed by atoms with Crippen molar-refractivity contribution in [1.82, 2.24) is 14.6 Å². The fraction of sp³-hybridized carbons (Fsp3) is 0.389. The van der Waals surface area contributed by atoms with Gasteiger partial charge in [-0.2, -0.15) is 4.52 Å². The lowest BCUT2D eigenvalue weighted by Crippen LogP contribution is -2.39. The van der Waals surface area contributed by atoms with Crippen LogP contribution < -0.4 is 20.9 Å². The van der Waals surface area contributed by atoms with Gasteiger partial charge < -0.3 is 15.4 Å². The van der Waals surface area contributed by atoms with Crippen LogP contribution in [0.4, 0.5) is 10.8 Å². The SMILES string of the molecule is COc1cccc(N[C@H](CNc2nn3c(=O)ccnc3s2)C(C)(C)C)c1. The summed E-state index contributed by atoms with van der Waals surface area (Å²) in [4.78, 5) is 16.6. The molecule has 3 rings (SSSR count). The summed E-state index contributed by atoms with van der Waals surface area (Å²) in [5, 5.41) is 11.9. The highest BCUT2D eigenvalue weighted by Crippen LogP contribution is 2.26. The van der Waals surface area contributed by atoms with Gasteiger partial charge in [0.2, 0.25) is 10.1 Å². The van der Waals surface area contributed by atoms with Gasteiger partial charge in [-0.25, -0.2) is 4.98 Å². The van der Waals surface area contributed by atoms with Crippen molar-refractivity contribution in [2.75, 3.05) is 24.3 Å². The molecule has 2 heterocycles. The van der Waals surface area contributed by atoms with Crippen LogP contribution in [0.25, 0.3) is 4.96 Å². The number of nitrogens with one attached hydrogen (secondary N) is 2. The van der Waals surface area contributed by atoms with Gasteiger partial charge in [-0.1, -0.05) is 38.2 Å². The summed E-state index contributed by atoms with van der Waals surface area (Å²) in [7, 11) is 1.66. The zero-order valence-electron chi connectivity index (χ0n) is 15.3. The number of aromatic nitrogens is 3. The number of methoxy groups -OCH3 is 1. The van der Waals surface area contributed by atoms with Crippen molar-refractivity contribution < 1.29 is 4.74 Å². The molecule has 0 aliphatic rings. The largest absolute Gasteiger partial charge is 0.497 e. The van der Waals surface area contributed by atoms with Gasteiger partial charge in [0.25, 0.3) is 5.56 Å². The van der Waals surface area contributed by atoms with E-state index >= 15 is 0 Å². The molecule has 0 unspecified atom stereocenters. The molecule has 0 bridgehead atoms. The number of fused-ring (bicyclic) bond motifs is 1. The average Bonchev–Trinajstić information content (AvgIpc) is 3.02. The van der Waals surface area contributed by atoms with Crippen LogP contribution in [0.3, 0.4) is 0 Å². The maximum atomic E-state index is 11.8. The monoisotopic (exact) mass is 373 g/mol. The third-order valence-electron chi connectivity index (χ3n) is 4.08. The lowest BCUT2D eigenvalue weighted by Gasteiger charge is -2.32. The van der Waals surface area contributed by atoms with E-state index in [2.05, 4.69) is 41.5 Å². The Labute approximate surface area is 156 Å². The Morgan fingerprint density at radius 3 is 2.81 bits per heavy atom. The van der Waals surface area contributed by atoms with Gasteiger partial charge in [-0.3, -0.25) is 4.79 Å². The van der Waals surface area contributed by atoms with E-state index in [0.29, 0.717) is 16.6 Å². The summed E-state index contributed by atoms with van der Waals surface area (Å²) < 4.78 is 6.61. The predicted molar refractivity (Wildman–Crippen MR) is 105 cm³/mol. The van der Waals surface area contributed by atoms with Gasteiger partial charge in [0, 0.05) is 36.6 Å². The Morgan fingerprint density at radius 2 is 2.12 bits per heavy atom. The van der Waals surface area contributed by atoms with E-state index in [9.17, 15) is 4.79 Å². The minimum atomic E-state index is -0.179. The standard InChI is InChI=1S/C18H23N5O2S/c1-18(2,3)14(21-12-6-5-7-13(10-12)25-4)11-20-16-22-23-15(24)8-9-19-17(23)26-16/h5-10,14,21H,11H2,1-4H3,(H,20,22)/t14-/m1/s1. The normalized spacial score (nSPS) is 12.8. The second-order valence-electron chi connectivity index (χ2n) is 7.06. The quantitative estimate of drug-likeness (QED) is 0.691. The average molecular weight is 373 g/mol. The van der Waals surface area contributed by atoms with Crippen LogP contribution >= 0.6 is 11.3 Å². The first kappa shape index (κ1) is 18.2. The molecule has 1 atom stereocenters. The number of rotatable bonds is 6. The smallest absolute Gasteiger partial charge is 0.275 e. The Hall–Kier alpha value is -2.61. The van der Waals surface area contributed by atoms with Gasteiger partial charge in [-0.15, -0.1) is 5.10 Å². The summed E-state index contributed by atoms with van der Waals surface area (Å²) in [5.41, 5.74) is 0.816. The van der Waals surface area contributed by atoms with Crippen molar-refractivity contribution in [2.24, 2.45) is 5.41 Å². The number of ether oxygens (including phenoxy) is 1. The molecule has 0 amide bonds. The lowest BCUT2D eigenvalue weighted by molar-refractivity contribution is 0.351. The second-order valence-corrected chi connectivity index (χ2v) is 8.02. The molecule has 0 fully saturated rings. The van der Waals surface area contributed by atoms with E-state index in [0.717, 1.165) is 11.4 Å². The van der Waals surface area contributed by atoms with E-state index in [-0.39, 0.29) is 17.0 Å². The van der Waals surface area contributed by atoms with E-state index in [1.165, 1.54) is 28.1 Å². The molecule has 3 aromatic rings. The van der Waals surface area contributed by atoms with E-state index in [1.54, 1.807) is 7.11 Å². The zero-order valence-corrected chi connectivity index (χ0v) is 16.1. The highest BCUT2D eigenvalue weighted by molar-refractivity contribution is 7.20. The number of hydrogen-bond acceptors (Lipinski definition) is 7. The molecule has 0 aliphatic heterocycles. The molecule has 0 saturated heterocycles. The maximum Gasteiger partial charge on any atom is 0.275 e. The van der Waals surface area contributed by atoms with Gasteiger partial charge in [0.15, 0.2) is 0 Å². The molecule has 0 saturated carbocycles. The molecule has 0 radical (unpaired) electrons. The molecule has 1 aromatic carbocycles. The minimum absolute atomic E-state index is 0.00183. The molecule has 7 nitrogen and oxygen atoms in total. The molecule has 2 N–H and O–H groups in total. The fourth-order valence-electron chi connectivity index (χ4n) is 2.49. The van der Waals surface area contributed by atoms with Gasteiger partial charge in [-0.05, 0) is 17.5 Å². The topological polar surface area (TPSA) is 80.5 Å². The van der Waals surface area contributed by atoms with Crippen LogP contribution in [0, 0.1) is 5.41 Å². The number of hydrogen-bond donors (Lipinski definition) is 2. The minimum Gasteiger partial charge on any atom is -0.497 e. The molecule has 26 heavy (non-hydrogen) atoms. The Kier molecular flexibility index (Phi) is 5.13. The van der Waals surface area contributed by atoms with Gasteiger partial charge >= 0.3 is 0 Å². The van der Waals surface area contributed by atoms with E-state index < -0.39 is 0 Å². The predicted octanol–water partition coefficient (Wildman–Crippen LogP) is 3.10. The summed E-state index contributed by atoms with van der Waals surface area (Å²) in [6, 6.07) is 9.40. The summed E-state index contributed by atoms with van der Waals surface area (Å²) in [5.74, 6) is 0.812. The van der Waals surface area contributed by atoms with Crippen LogP contribution in [-0.4, -0.2) is 34.3 Å². The zero-order chi connectivity index (χ0) is 18.7. The molecule has 138 valence electrons. The number of nitrogens with zero attached hydrogens (tertiary/aromatic N) is 3. The molecule has 2 aromatic heterocycles. The molecule has 0 aliphatic carbocycles. The molecular weight excluding hydrogens is 350 g/mol. The maximum absolute atomic E-state index is 11.8. The Bertz CT molecular complexity index is 944. The van der Waals surface area contributed by atoms with Crippen molar-refractivity contribution in [3.8, 4) is 5.75 Å². The number of benzene rings is 1. The van der Waals surface area contributed by atoms with Crippen molar-refractivity contribution >= 4 is 27.1 Å². The molecule has 8 heteroatoms. The van der Waals surface area contributed by atoms with Gasteiger partial charge in [0.05, 0.1) is 7.11 Å². The third kappa shape index (κ3) is 4.13. The summed E-state index contributed by atoms with van der Waals surface area (Å²) in [6.07, 6.45) is 1.50. The third-order valence-corrected chi connectivity index (χ3v) is 4.96. The van der Waals surface area contributed by atoms with Crippen LogP contribution in [0.2, 0.25) is 0 Å². The summed E-state index contributed by atoms with van der Waals surface area (Å²) in [6.45, 7) is 7.18. The van der Waals surface area contributed by atoms with E-state index in [1.807, 2.05) is 24.3 Å². The van der Waals surface area contributed by atoms with Gasteiger partial charge in [0.1, 0.15) is 5.75 Å². The highest BCUT2D eigenvalue weighted by Gasteiger charge is 2.25. The second kappa shape index (κ2) is 7.33. The molecular formula is C18H23N5O2S. The Balaban J connectivity index is 1.75. The highest BCUT2D eigenvalue weighted by atomic mass is 32.1. The van der Waals surface area contributed by atoms with Crippen LogP contribution in [0.5, 0.6) is 5.75 Å². The van der Waals surface area contributed by atoms with Crippen LogP contribution in [0.15, 0.2) is 41.3 Å². The first-order valence-electron chi connectivity index (χ1n) is 8.36. The van der Waals surface area contributed by atoms with Crippen molar-refractivity contribution in [3.05, 3.63) is 46.9 Å². The first-order chi connectivity index (χ1) is 12.4. The molecule has 0 spiro atoms. The fourth-order valence-corrected chi connectivity index (χ4v) is 3.27.